The number of nitrogens with one attached hydrogen (secondary N) is 2. The minimum Gasteiger partial charge on any atom is -0.450 e. The van der Waals surface area contributed by atoms with E-state index < -0.39 is 18.0 Å². The van der Waals surface area contributed by atoms with Crippen LogP contribution >= 0.6 is 0 Å². The molecule has 0 unspecified atom stereocenters. The van der Waals surface area contributed by atoms with Crippen molar-refractivity contribution in [3.05, 3.63) is 47.8 Å². The quantitative estimate of drug-likeness (QED) is 0.533. The molecule has 0 saturated carbocycles. The summed E-state index contributed by atoms with van der Waals surface area (Å²) in [5.41, 5.74) is 1.10. The first-order valence-corrected chi connectivity index (χ1v) is 9.60. The largest absolute Gasteiger partial charge is 0.450 e. The fourth-order valence-electron chi connectivity index (χ4n) is 2.55. The number of amides is 2. The fourth-order valence-corrected chi connectivity index (χ4v) is 2.55. The summed E-state index contributed by atoms with van der Waals surface area (Å²) in [7, 11) is 1.47. The Balaban J connectivity index is 2.54. The first kappa shape index (κ1) is 22.7. The van der Waals surface area contributed by atoms with Gasteiger partial charge in [-0.25, -0.2) is 9.18 Å². The van der Waals surface area contributed by atoms with Gasteiger partial charge in [-0.3, -0.25) is 4.79 Å². The van der Waals surface area contributed by atoms with Crippen molar-refractivity contribution >= 4 is 12.0 Å². The topological polar surface area (TPSA) is 67.4 Å². The van der Waals surface area contributed by atoms with Gasteiger partial charge >= 0.3 is 6.09 Å². The number of rotatable bonds is 12. The number of halogens is 1. The molecule has 0 aliphatic carbocycles. The molecular formula is C21H31FN2O3. The van der Waals surface area contributed by atoms with Gasteiger partial charge < -0.3 is 15.4 Å². The predicted molar refractivity (Wildman–Crippen MR) is 105 cm³/mol. The maximum Gasteiger partial charge on any atom is 0.407 e. The van der Waals surface area contributed by atoms with E-state index in [1.807, 2.05) is 30.3 Å². The first-order chi connectivity index (χ1) is 13.1. The second-order valence-electron chi connectivity index (χ2n) is 6.38. The highest BCUT2D eigenvalue weighted by molar-refractivity contribution is 5.78. The van der Waals surface area contributed by atoms with E-state index >= 15 is 0 Å². The van der Waals surface area contributed by atoms with Crippen molar-refractivity contribution in [2.24, 2.45) is 0 Å². The molecule has 0 aromatic heterocycles. The van der Waals surface area contributed by atoms with Gasteiger partial charge in [0.1, 0.15) is 5.83 Å². The number of alkyl carbamates (subject to hydrolysis) is 1. The Morgan fingerprint density at radius 2 is 1.93 bits per heavy atom. The van der Waals surface area contributed by atoms with Crippen LogP contribution in [0.15, 0.2) is 42.2 Å². The third-order valence-electron chi connectivity index (χ3n) is 4.14. The van der Waals surface area contributed by atoms with Crippen molar-refractivity contribution in [1.82, 2.24) is 10.6 Å². The lowest BCUT2D eigenvalue weighted by Gasteiger charge is -2.16. The zero-order valence-electron chi connectivity index (χ0n) is 16.3. The van der Waals surface area contributed by atoms with E-state index in [0.29, 0.717) is 12.8 Å². The second kappa shape index (κ2) is 13.8. The average molecular weight is 378 g/mol. The SMILES string of the molecule is CCCCCCOC(=O)N[C@H](CC(=O)NC)/C(F)=C/CCc1ccccc1. The fraction of sp³-hybridized carbons (Fsp3) is 0.524. The highest BCUT2D eigenvalue weighted by atomic mass is 19.1. The number of hydrogen-bond donors (Lipinski definition) is 2. The Bertz CT molecular complexity index is 590. The smallest absolute Gasteiger partial charge is 0.407 e. The van der Waals surface area contributed by atoms with Crippen LogP contribution in [-0.4, -0.2) is 31.7 Å². The van der Waals surface area contributed by atoms with E-state index in [4.69, 9.17) is 4.74 Å². The van der Waals surface area contributed by atoms with Crippen LogP contribution in [0.4, 0.5) is 9.18 Å². The van der Waals surface area contributed by atoms with Gasteiger partial charge in [0.25, 0.3) is 0 Å². The van der Waals surface area contributed by atoms with E-state index in [-0.39, 0.29) is 18.9 Å². The van der Waals surface area contributed by atoms with Gasteiger partial charge in [-0.2, -0.15) is 0 Å². The molecular weight excluding hydrogens is 347 g/mol. The molecule has 1 atom stereocenters. The lowest BCUT2D eigenvalue weighted by atomic mass is 10.1. The van der Waals surface area contributed by atoms with Crippen LogP contribution in [-0.2, 0) is 16.0 Å². The van der Waals surface area contributed by atoms with Gasteiger partial charge in [0.05, 0.1) is 19.1 Å². The predicted octanol–water partition coefficient (Wildman–Crippen LogP) is 4.28. The number of ether oxygens (including phenoxy) is 1. The third-order valence-corrected chi connectivity index (χ3v) is 4.14. The van der Waals surface area contributed by atoms with Crippen LogP contribution in [0.3, 0.4) is 0 Å². The van der Waals surface area contributed by atoms with Gasteiger partial charge in [-0.1, -0.05) is 62.6 Å². The van der Waals surface area contributed by atoms with E-state index in [9.17, 15) is 14.0 Å². The van der Waals surface area contributed by atoms with Crippen LogP contribution in [0.2, 0.25) is 0 Å². The molecule has 0 saturated heterocycles. The second-order valence-corrected chi connectivity index (χ2v) is 6.38. The molecule has 27 heavy (non-hydrogen) atoms. The highest BCUT2D eigenvalue weighted by Gasteiger charge is 2.21. The Hall–Kier alpha value is -2.37. The molecule has 6 heteroatoms. The standard InChI is InChI=1S/C21H31FN2O3/c1-3-4-5-9-15-27-21(26)24-19(16-20(25)23-2)18(22)14-10-13-17-11-7-6-8-12-17/h6-8,11-12,14,19H,3-5,9-10,13,15-16H2,1-2H3,(H,23,25)(H,24,26)/b18-14-/t19-/m1/s1. The number of allylic oxidation sites excluding steroid dienone is 1. The molecule has 0 aliphatic rings. The van der Waals surface area contributed by atoms with Crippen molar-refractivity contribution in [1.29, 1.82) is 0 Å². The molecule has 150 valence electrons. The summed E-state index contributed by atoms with van der Waals surface area (Å²) >= 11 is 0. The Labute approximate surface area is 161 Å². The van der Waals surface area contributed by atoms with Crippen molar-refractivity contribution in [2.75, 3.05) is 13.7 Å². The molecule has 0 heterocycles. The maximum atomic E-state index is 14.5. The van der Waals surface area contributed by atoms with Crippen LogP contribution in [0, 0.1) is 0 Å². The van der Waals surface area contributed by atoms with Gasteiger partial charge in [-0.15, -0.1) is 0 Å². The van der Waals surface area contributed by atoms with E-state index in [2.05, 4.69) is 17.6 Å². The summed E-state index contributed by atoms with van der Waals surface area (Å²) in [6, 6.07) is 8.72. The summed E-state index contributed by atoms with van der Waals surface area (Å²) in [6.45, 7) is 2.39. The van der Waals surface area contributed by atoms with Crippen molar-refractivity contribution in [2.45, 2.75) is 57.9 Å². The monoisotopic (exact) mass is 378 g/mol. The molecule has 0 aliphatic heterocycles. The summed E-state index contributed by atoms with van der Waals surface area (Å²) < 4.78 is 19.6. The highest BCUT2D eigenvalue weighted by Crippen LogP contribution is 2.12. The molecule has 0 fully saturated rings. The molecule has 2 amide bonds. The van der Waals surface area contributed by atoms with Gasteiger partial charge in [0.2, 0.25) is 5.91 Å². The summed E-state index contributed by atoms with van der Waals surface area (Å²) in [4.78, 5) is 23.5. The maximum absolute atomic E-state index is 14.5. The Kier molecular flexibility index (Phi) is 11.6. The van der Waals surface area contributed by atoms with Crippen LogP contribution < -0.4 is 10.6 Å². The molecule has 0 radical (unpaired) electrons. The van der Waals surface area contributed by atoms with Crippen LogP contribution in [0.5, 0.6) is 0 Å². The number of aryl methyl sites for hydroxylation is 1. The van der Waals surface area contributed by atoms with Crippen molar-refractivity contribution in [3.63, 3.8) is 0 Å². The van der Waals surface area contributed by atoms with Crippen molar-refractivity contribution in [3.8, 4) is 0 Å². The summed E-state index contributed by atoms with van der Waals surface area (Å²) in [5, 5.41) is 4.90. The van der Waals surface area contributed by atoms with Crippen LogP contribution in [0.25, 0.3) is 0 Å². The molecule has 0 spiro atoms. The number of carbonyl (C=O) groups is 2. The minimum absolute atomic E-state index is 0.172. The van der Waals surface area contributed by atoms with E-state index in [1.165, 1.54) is 13.1 Å². The Morgan fingerprint density at radius 1 is 1.19 bits per heavy atom. The van der Waals surface area contributed by atoms with Gasteiger partial charge in [0, 0.05) is 7.05 Å². The first-order valence-electron chi connectivity index (χ1n) is 9.60. The molecule has 2 N–H and O–H groups in total. The van der Waals surface area contributed by atoms with Crippen molar-refractivity contribution < 1.29 is 18.7 Å². The molecule has 1 rings (SSSR count). The number of benzene rings is 1. The minimum atomic E-state index is -1.02. The Morgan fingerprint density at radius 3 is 2.59 bits per heavy atom. The summed E-state index contributed by atoms with van der Waals surface area (Å²) in [6.07, 6.45) is 5.65. The summed E-state index contributed by atoms with van der Waals surface area (Å²) in [5.74, 6) is -0.882. The lowest BCUT2D eigenvalue weighted by Crippen LogP contribution is -2.39. The zero-order valence-corrected chi connectivity index (χ0v) is 16.3. The van der Waals surface area contributed by atoms with Crippen LogP contribution in [0.1, 0.15) is 51.0 Å². The van der Waals surface area contributed by atoms with E-state index in [1.54, 1.807) is 0 Å². The number of hydrogen-bond acceptors (Lipinski definition) is 3. The number of carbonyl (C=O) groups excluding carboxylic acids is 2. The molecule has 1 aromatic rings. The van der Waals surface area contributed by atoms with Gasteiger partial charge in [0.15, 0.2) is 0 Å². The normalized spacial score (nSPS) is 12.3. The third kappa shape index (κ3) is 10.4. The lowest BCUT2D eigenvalue weighted by molar-refractivity contribution is -0.120. The molecule has 1 aromatic carbocycles. The average Bonchev–Trinajstić information content (AvgIpc) is 2.67. The van der Waals surface area contributed by atoms with Gasteiger partial charge in [-0.05, 0) is 24.8 Å². The zero-order chi connectivity index (χ0) is 19.9. The molecule has 0 bridgehead atoms. The number of unbranched alkanes of at least 4 members (excludes halogenated alkanes) is 3. The van der Waals surface area contributed by atoms with E-state index in [0.717, 1.165) is 31.2 Å². The molecule has 5 nitrogen and oxygen atoms in total.